The third kappa shape index (κ3) is 1.21. The maximum atomic E-state index is 8.28. The van der Waals surface area contributed by atoms with Crippen molar-refractivity contribution in [3.8, 4) is 6.07 Å². The van der Waals surface area contributed by atoms with E-state index in [9.17, 15) is 0 Å². The fraction of sp³-hybridized carbons (Fsp3) is 0.667. The molecular formula is C6H7NO. The van der Waals surface area contributed by atoms with Crippen molar-refractivity contribution in [2.75, 3.05) is 6.61 Å². The Kier molecular flexibility index (Phi) is 1.87. The van der Waals surface area contributed by atoms with Crippen molar-refractivity contribution in [1.82, 2.24) is 0 Å². The maximum Gasteiger partial charge on any atom is 0.144 e. The minimum absolute atomic E-state index is 0.219. The average molecular weight is 109 g/mol. The summed E-state index contributed by atoms with van der Waals surface area (Å²) in [6, 6.07) is 2.02. The zero-order valence-electron chi connectivity index (χ0n) is 4.55. The van der Waals surface area contributed by atoms with E-state index in [1.54, 1.807) is 0 Å². The number of rotatable bonds is 0. The van der Waals surface area contributed by atoms with Crippen LogP contribution in [-0.4, -0.2) is 12.7 Å². The molecule has 2 heteroatoms. The van der Waals surface area contributed by atoms with Crippen molar-refractivity contribution >= 4 is 0 Å². The van der Waals surface area contributed by atoms with Gasteiger partial charge in [-0.2, -0.15) is 5.26 Å². The Labute approximate surface area is 49.1 Å². The van der Waals surface area contributed by atoms with Gasteiger partial charge in [0, 0.05) is 6.61 Å². The number of nitrogens with zero attached hydrogens (tertiary/aromatic N) is 1. The molecule has 1 fully saturated rings. The summed E-state index contributed by atoms with van der Waals surface area (Å²) in [6.45, 7) is 0.665. The molecule has 0 aromatic carbocycles. The van der Waals surface area contributed by atoms with E-state index in [0.29, 0.717) is 13.0 Å². The molecule has 2 nitrogen and oxygen atoms in total. The van der Waals surface area contributed by atoms with E-state index in [0.717, 1.165) is 6.42 Å². The molecule has 1 heterocycles. The van der Waals surface area contributed by atoms with Crippen LogP contribution in [0.1, 0.15) is 12.8 Å². The van der Waals surface area contributed by atoms with Gasteiger partial charge in [0.1, 0.15) is 6.10 Å². The van der Waals surface area contributed by atoms with Gasteiger partial charge in [0.2, 0.25) is 0 Å². The van der Waals surface area contributed by atoms with Gasteiger partial charge in [0.15, 0.2) is 0 Å². The highest BCUT2D eigenvalue weighted by Crippen LogP contribution is 2.09. The molecule has 8 heavy (non-hydrogen) atoms. The van der Waals surface area contributed by atoms with Crippen molar-refractivity contribution in [2.24, 2.45) is 0 Å². The number of ether oxygens (including phenoxy) is 1. The predicted molar refractivity (Wildman–Crippen MR) is 27.8 cm³/mol. The Morgan fingerprint density at radius 2 is 2.62 bits per heavy atom. The summed E-state index contributed by atoms with van der Waals surface area (Å²) in [5.41, 5.74) is 0. The second-order valence-electron chi connectivity index (χ2n) is 1.69. The molecule has 0 aromatic heterocycles. The Hall–Kier alpha value is -0.550. The molecule has 0 aromatic rings. The lowest BCUT2D eigenvalue weighted by Gasteiger charge is -2.14. The van der Waals surface area contributed by atoms with Gasteiger partial charge in [-0.05, 0) is 19.3 Å². The highest BCUT2D eigenvalue weighted by Gasteiger charge is 2.11. The van der Waals surface area contributed by atoms with E-state index >= 15 is 0 Å². The van der Waals surface area contributed by atoms with Crippen LogP contribution in [-0.2, 0) is 4.74 Å². The quantitative estimate of drug-likeness (QED) is 0.460. The molecule has 2 radical (unpaired) electrons. The summed E-state index contributed by atoms with van der Waals surface area (Å²) in [4.78, 5) is 0. The molecule has 0 bridgehead atoms. The molecule has 1 atom stereocenters. The van der Waals surface area contributed by atoms with E-state index in [1.807, 2.05) is 6.07 Å². The Morgan fingerprint density at radius 1 is 1.75 bits per heavy atom. The molecule has 1 unspecified atom stereocenters. The molecule has 0 spiro atoms. The monoisotopic (exact) mass is 109 g/mol. The van der Waals surface area contributed by atoms with Crippen LogP contribution in [0.2, 0.25) is 0 Å². The van der Waals surface area contributed by atoms with Crippen molar-refractivity contribution in [3.63, 3.8) is 0 Å². The standard InChI is InChI=1S/C6H7NO/c7-5-6-3-1-2-4-8-6/h6H,2-4H2. The lowest BCUT2D eigenvalue weighted by molar-refractivity contribution is 0.0703. The van der Waals surface area contributed by atoms with Gasteiger partial charge in [-0.25, -0.2) is 0 Å². The molecule has 42 valence electrons. The topological polar surface area (TPSA) is 33.0 Å². The summed E-state index contributed by atoms with van der Waals surface area (Å²) >= 11 is 0. The first-order valence-corrected chi connectivity index (χ1v) is 2.65. The second-order valence-corrected chi connectivity index (χ2v) is 1.69. The minimum atomic E-state index is -0.219. The second kappa shape index (κ2) is 2.68. The van der Waals surface area contributed by atoms with Crippen LogP contribution in [0.5, 0.6) is 0 Å². The first kappa shape index (κ1) is 5.58. The van der Waals surface area contributed by atoms with E-state index in [1.165, 1.54) is 0 Å². The first-order chi connectivity index (χ1) is 3.93. The fourth-order valence-electron chi connectivity index (χ4n) is 0.648. The maximum absolute atomic E-state index is 8.28. The summed E-state index contributed by atoms with van der Waals surface area (Å²) in [5.74, 6) is 0. The molecule has 0 saturated carbocycles. The largest absolute Gasteiger partial charge is 0.363 e. The third-order valence-electron chi connectivity index (χ3n) is 1.07. The van der Waals surface area contributed by atoms with Gasteiger partial charge in [-0.1, -0.05) is 0 Å². The molecule has 1 saturated heterocycles. The zero-order valence-corrected chi connectivity index (χ0v) is 4.55. The van der Waals surface area contributed by atoms with E-state index in [2.05, 4.69) is 6.42 Å². The smallest absolute Gasteiger partial charge is 0.144 e. The van der Waals surface area contributed by atoms with Gasteiger partial charge in [0.25, 0.3) is 0 Å². The summed E-state index contributed by atoms with van der Waals surface area (Å²) < 4.78 is 5.00. The molecule has 0 amide bonds. The molecular weight excluding hydrogens is 102 g/mol. The predicted octanol–water partition coefficient (Wildman–Crippen LogP) is 0.770. The van der Waals surface area contributed by atoms with Crippen LogP contribution in [0.3, 0.4) is 0 Å². The summed E-state index contributed by atoms with van der Waals surface area (Å²) in [6.07, 6.45) is 4.37. The van der Waals surface area contributed by atoms with Crippen LogP contribution >= 0.6 is 0 Å². The highest BCUT2D eigenvalue weighted by molar-refractivity contribution is 4.90. The van der Waals surface area contributed by atoms with Crippen LogP contribution in [0, 0.1) is 17.8 Å². The molecule has 0 N–H and O–H groups in total. The first-order valence-electron chi connectivity index (χ1n) is 2.65. The highest BCUT2D eigenvalue weighted by atomic mass is 16.5. The Balaban J connectivity index is 2.25. The number of nitriles is 1. The van der Waals surface area contributed by atoms with E-state index in [4.69, 9.17) is 10.00 Å². The van der Waals surface area contributed by atoms with Crippen LogP contribution in [0.4, 0.5) is 0 Å². The van der Waals surface area contributed by atoms with E-state index in [-0.39, 0.29) is 6.10 Å². The van der Waals surface area contributed by atoms with E-state index < -0.39 is 0 Å². The van der Waals surface area contributed by atoms with Gasteiger partial charge in [0.05, 0.1) is 6.07 Å². The van der Waals surface area contributed by atoms with Crippen molar-refractivity contribution in [3.05, 3.63) is 6.42 Å². The van der Waals surface area contributed by atoms with Crippen LogP contribution in [0.25, 0.3) is 0 Å². The summed E-state index contributed by atoms with van der Waals surface area (Å²) in [5, 5.41) is 8.28. The van der Waals surface area contributed by atoms with Crippen molar-refractivity contribution in [1.29, 1.82) is 5.26 Å². The fourth-order valence-corrected chi connectivity index (χ4v) is 0.648. The third-order valence-corrected chi connectivity index (χ3v) is 1.07. The lowest BCUT2D eigenvalue weighted by atomic mass is 10.1. The molecule has 1 aliphatic rings. The number of hydrogen-bond acceptors (Lipinski definition) is 2. The molecule has 1 aliphatic heterocycles. The van der Waals surface area contributed by atoms with Gasteiger partial charge in [-0.3, -0.25) is 0 Å². The lowest BCUT2D eigenvalue weighted by Crippen LogP contribution is -2.16. The number of hydrogen-bond donors (Lipinski definition) is 0. The minimum Gasteiger partial charge on any atom is -0.363 e. The Bertz CT molecular complexity index is 99.6. The van der Waals surface area contributed by atoms with Crippen LogP contribution < -0.4 is 0 Å². The zero-order chi connectivity index (χ0) is 5.82. The summed E-state index contributed by atoms with van der Waals surface area (Å²) in [7, 11) is 0. The van der Waals surface area contributed by atoms with Gasteiger partial charge >= 0.3 is 0 Å². The van der Waals surface area contributed by atoms with Gasteiger partial charge in [-0.15, -0.1) is 0 Å². The van der Waals surface area contributed by atoms with Crippen LogP contribution in [0.15, 0.2) is 0 Å². The molecule has 1 rings (SSSR count). The van der Waals surface area contributed by atoms with Crippen molar-refractivity contribution in [2.45, 2.75) is 18.9 Å². The normalized spacial score (nSPS) is 29.1. The molecule has 0 aliphatic carbocycles. The SMILES string of the molecule is N#CC1C[C]CCO1. The van der Waals surface area contributed by atoms with Crippen molar-refractivity contribution < 1.29 is 4.74 Å². The van der Waals surface area contributed by atoms with Gasteiger partial charge < -0.3 is 4.74 Å². The Morgan fingerprint density at radius 3 is 3.00 bits per heavy atom. The average Bonchev–Trinajstić information content (AvgIpc) is 1.90.